The van der Waals surface area contributed by atoms with Gasteiger partial charge < -0.3 is 19.9 Å². The van der Waals surface area contributed by atoms with Crippen LogP contribution in [0.1, 0.15) is 40.3 Å². The lowest BCUT2D eigenvalue weighted by Crippen LogP contribution is -2.37. The van der Waals surface area contributed by atoms with Crippen LogP contribution in [0, 0.1) is 12.8 Å². The molecule has 0 saturated heterocycles. The first-order valence-corrected chi connectivity index (χ1v) is 16.4. The van der Waals surface area contributed by atoms with Gasteiger partial charge in [0.15, 0.2) is 0 Å². The number of aliphatic hydroxyl groups is 1. The number of imidazole rings is 1. The van der Waals surface area contributed by atoms with E-state index < -0.39 is 0 Å². The van der Waals surface area contributed by atoms with E-state index in [1.165, 1.54) is 34.0 Å². The molecule has 13 heteroatoms. The molecule has 7 rings (SSSR count). The molecule has 1 amide bonds. The zero-order valence-electron chi connectivity index (χ0n) is 23.4. The average Bonchev–Trinajstić information content (AvgIpc) is 3.29. The molecule has 6 aromatic rings. The topological polar surface area (TPSA) is 124 Å². The van der Waals surface area contributed by atoms with Crippen molar-refractivity contribution in [3.05, 3.63) is 64.2 Å². The molecular weight excluding hydrogens is 605 g/mol. The molecule has 2 N–H and O–H groups in total. The van der Waals surface area contributed by atoms with Gasteiger partial charge in [-0.15, -0.1) is 22.7 Å². The minimum absolute atomic E-state index is 0.0331. The van der Waals surface area contributed by atoms with Gasteiger partial charge in [-0.3, -0.25) is 4.79 Å². The largest absolute Gasteiger partial charge is 0.497 e. The molecule has 220 valence electrons. The minimum Gasteiger partial charge on any atom is -0.497 e. The Hall–Kier alpha value is -3.91. The summed E-state index contributed by atoms with van der Waals surface area (Å²) in [5.74, 6) is 1.70. The number of aryl methyl sites for hydroxylation is 1. The van der Waals surface area contributed by atoms with Gasteiger partial charge in [-0.25, -0.2) is 19.5 Å². The highest BCUT2D eigenvalue weighted by atomic mass is 32.1. The molecule has 43 heavy (non-hydrogen) atoms. The molecule has 0 bridgehead atoms. The number of hydrogen-bond donors (Lipinski definition) is 2. The molecule has 1 unspecified atom stereocenters. The summed E-state index contributed by atoms with van der Waals surface area (Å²) in [6.07, 6.45) is 4.70. The number of aliphatic hydroxyl groups excluding tert-OH is 1. The van der Waals surface area contributed by atoms with E-state index in [1.807, 2.05) is 54.9 Å². The third kappa shape index (κ3) is 5.85. The smallest absolute Gasteiger partial charge is 0.251 e. The first kappa shape index (κ1) is 27.9. The van der Waals surface area contributed by atoms with Gasteiger partial charge in [0, 0.05) is 41.3 Å². The van der Waals surface area contributed by atoms with E-state index in [2.05, 4.69) is 10.4 Å². The molecule has 1 fully saturated rings. The van der Waals surface area contributed by atoms with E-state index in [0.717, 1.165) is 60.0 Å². The van der Waals surface area contributed by atoms with E-state index in [4.69, 9.17) is 24.4 Å². The van der Waals surface area contributed by atoms with Gasteiger partial charge in [0.05, 0.1) is 29.2 Å². The maximum Gasteiger partial charge on any atom is 0.251 e. The lowest BCUT2D eigenvalue weighted by molar-refractivity contribution is 0.0924. The number of fused-ring (bicyclic) bond motifs is 2. The van der Waals surface area contributed by atoms with Crippen LogP contribution in [0.4, 0.5) is 0 Å². The van der Waals surface area contributed by atoms with Crippen LogP contribution in [-0.2, 0) is 6.61 Å². The van der Waals surface area contributed by atoms with Crippen LogP contribution in [0.2, 0.25) is 0 Å². The Balaban J connectivity index is 1.05. The van der Waals surface area contributed by atoms with Crippen LogP contribution >= 0.6 is 34.0 Å². The lowest BCUT2D eigenvalue weighted by Gasteiger charge is -2.17. The number of carbonyl (C=O) groups is 1. The molecule has 4 aromatic heterocycles. The number of benzene rings is 2. The Morgan fingerprint density at radius 3 is 2.72 bits per heavy atom. The molecule has 1 aliphatic carbocycles. The number of nitrogens with zero attached hydrogens (tertiary/aromatic N) is 5. The SMILES string of the molecule is COc1cc(OCc2csc(-c3ccc(C(=O)NC(CCO)C4CC4)cc3)n2)c2sc(-c3cn4nc(C)sc4n3)nc2c1. The van der Waals surface area contributed by atoms with E-state index in [1.54, 1.807) is 11.6 Å². The molecule has 0 aliphatic heterocycles. The van der Waals surface area contributed by atoms with E-state index >= 15 is 0 Å². The van der Waals surface area contributed by atoms with E-state index in [0.29, 0.717) is 29.4 Å². The number of thiazole rings is 2. The van der Waals surface area contributed by atoms with Gasteiger partial charge in [0.2, 0.25) is 4.96 Å². The van der Waals surface area contributed by atoms with Crippen LogP contribution < -0.4 is 14.8 Å². The number of ether oxygens (including phenoxy) is 2. The van der Waals surface area contributed by atoms with Crippen molar-refractivity contribution >= 4 is 55.1 Å². The summed E-state index contributed by atoms with van der Waals surface area (Å²) in [7, 11) is 1.62. The standard InChI is InChI=1S/C30H28N6O4S3/c1-16-35-36-13-24(34-30(36)42-16)29-33-23-11-21(39-2)12-25(26(23)43-29)40-14-20-15-41-28(31-20)19-7-5-18(6-8-19)27(38)32-22(9-10-37)17-3-4-17/h5-8,11-13,15,17,22,37H,3-4,9-10,14H2,1-2H3,(H,32,38). The first-order chi connectivity index (χ1) is 21.0. The van der Waals surface area contributed by atoms with Crippen LogP contribution in [0.25, 0.3) is 36.5 Å². The van der Waals surface area contributed by atoms with Crippen LogP contribution in [0.5, 0.6) is 11.5 Å². The molecule has 10 nitrogen and oxygen atoms in total. The number of nitrogens with one attached hydrogen (secondary N) is 1. The summed E-state index contributed by atoms with van der Waals surface area (Å²) in [4.78, 5) is 27.9. The highest BCUT2D eigenvalue weighted by molar-refractivity contribution is 7.22. The van der Waals surface area contributed by atoms with Crippen molar-refractivity contribution in [2.24, 2.45) is 5.92 Å². The van der Waals surface area contributed by atoms with Crippen molar-refractivity contribution in [3.8, 4) is 32.8 Å². The van der Waals surface area contributed by atoms with Crippen molar-refractivity contribution in [2.45, 2.75) is 38.8 Å². The number of carbonyl (C=O) groups excluding carboxylic acids is 1. The fourth-order valence-corrected chi connectivity index (χ4v) is 7.45. The predicted molar refractivity (Wildman–Crippen MR) is 168 cm³/mol. The van der Waals surface area contributed by atoms with Crippen molar-refractivity contribution < 1.29 is 19.4 Å². The Labute approximate surface area is 259 Å². The summed E-state index contributed by atoms with van der Waals surface area (Å²) < 4.78 is 14.5. The van der Waals surface area contributed by atoms with Crippen LogP contribution in [0.3, 0.4) is 0 Å². The van der Waals surface area contributed by atoms with Gasteiger partial charge in [-0.2, -0.15) is 5.10 Å². The maximum atomic E-state index is 12.8. The van der Waals surface area contributed by atoms with Gasteiger partial charge in [0.1, 0.15) is 38.8 Å². The molecule has 1 atom stereocenters. The lowest BCUT2D eigenvalue weighted by atomic mass is 10.1. The number of hydrogen-bond acceptors (Lipinski definition) is 11. The van der Waals surface area contributed by atoms with Crippen molar-refractivity contribution in [3.63, 3.8) is 0 Å². The third-order valence-electron chi connectivity index (χ3n) is 7.30. The zero-order chi connectivity index (χ0) is 29.5. The number of amides is 1. The summed E-state index contributed by atoms with van der Waals surface area (Å²) in [5, 5.41) is 21.4. The molecule has 0 radical (unpaired) electrons. The number of methoxy groups -OCH3 is 1. The summed E-state index contributed by atoms with van der Waals surface area (Å²) in [5.41, 5.74) is 3.88. The molecule has 0 spiro atoms. The fourth-order valence-electron chi connectivity index (χ4n) is 4.95. The minimum atomic E-state index is -0.111. The Morgan fingerprint density at radius 2 is 1.98 bits per heavy atom. The van der Waals surface area contributed by atoms with Gasteiger partial charge >= 0.3 is 0 Å². The predicted octanol–water partition coefficient (Wildman–Crippen LogP) is 5.98. The molecule has 1 saturated carbocycles. The second-order valence-corrected chi connectivity index (χ2v) is 13.4. The Morgan fingerprint density at radius 1 is 1.14 bits per heavy atom. The van der Waals surface area contributed by atoms with Gasteiger partial charge in [-0.05, 0) is 44.2 Å². The Kier molecular flexibility index (Phi) is 7.55. The molecule has 4 heterocycles. The van der Waals surface area contributed by atoms with Crippen molar-refractivity contribution in [2.75, 3.05) is 13.7 Å². The monoisotopic (exact) mass is 632 g/mol. The Bertz CT molecular complexity index is 1890. The number of rotatable bonds is 11. The quantitative estimate of drug-likeness (QED) is 0.179. The second kappa shape index (κ2) is 11.6. The maximum absolute atomic E-state index is 12.8. The normalized spacial score (nSPS) is 13.9. The number of aromatic nitrogens is 5. The molecule has 1 aliphatic rings. The summed E-state index contributed by atoms with van der Waals surface area (Å²) in [6, 6.07) is 11.3. The summed E-state index contributed by atoms with van der Waals surface area (Å²) in [6.45, 7) is 2.32. The fraction of sp³-hybridized carbons (Fsp3) is 0.300. The first-order valence-electron chi connectivity index (χ1n) is 13.9. The zero-order valence-corrected chi connectivity index (χ0v) is 25.9. The average molecular weight is 633 g/mol. The molecular formula is C30H28N6O4S3. The third-order valence-corrected chi connectivity index (χ3v) is 10.2. The highest BCUT2D eigenvalue weighted by Gasteiger charge is 2.32. The van der Waals surface area contributed by atoms with E-state index in [9.17, 15) is 9.90 Å². The summed E-state index contributed by atoms with van der Waals surface area (Å²) >= 11 is 4.59. The molecule has 2 aromatic carbocycles. The van der Waals surface area contributed by atoms with Gasteiger partial charge in [-0.1, -0.05) is 23.5 Å². The van der Waals surface area contributed by atoms with Gasteiger partial charge in [0.25, 0.3) is 5.91 Å². The van der Waals surface area contributed by atoms with Crippen LogP contribution in [-0.4, -0.2) is 55.3 Å². The van der Waals surface area contributed by atoms with Crippen molar-refractivity contribution in [1.29, 1.82) is 0 Å². The highest BCUT2D eigenvalue weighted by Crippen LogP contribution is 2.39. The van der Waals surface area contributed by atoms with Crippen molar-refractivity contribution in [1.82, 2.24) is 29.9 Å². The van der Waals surface area contributed by atoms with E-state index in [-0.39, 0.29) is 25.2 Å². The second-order valence-electron chi connectivity index (χ2n) is 10.4. The van der Waals surface area contributed by atoms with Crippen LogP contribution in [0.15, 0.2) is 48.0 Å².